The lowest BCUT2D eigenvalue weighted by atomic mass is 10.2. The van der Waals surface area contributed by atoms with E-state index in [0.717, 1.165) is 0 Å². The van der Waals surface area contributed by atoms with E-state index in [-0.39, 0.29) is 16.5 Å². The van der Waals surface area contributed by atoms with Crippen LogP contribution >= 0.6 is 28.1 Å². The number of nitrogens with one attached hydrogen (secondary N) is 2. The van der Waals surface area contributed by atoms with Gasteiger partial charge < -0.3 is 14.8 Å². The Morgan fingerprint density at radius 1 is 1.26 bits per heavy atom. The molecule has 0 heterocycles. The molecule has 0 atom stereocenters. The number of nitrogens with zero attached hydrogens (tertiary/aromatic N) is 1. The van der Waals surface area contributed by atoms with Crippen LogP contribution in [0.2, 0.25) is 0 Å². The first-order chi connectivity index (χ1) is 12.8. The molecule has 2 aromatic carbocycles. The molecule has 0 aliphatic heterocycles. The van der Waals surface area contributed by atoms with Crippen LogP contribution in [0.5, 0.6) is 11.5 Å². The average molecular weight is 454 g/mol. The van der Waals surface area contributed by atoms with Gasteiger partial charge in [-0.15, -0.1) is 0 Å². The van der Waals surface area contributed by atoms with Crippen molar-refractivity contribution >= 4 is 50.5 Å². The molecule has 2 rings (SSSR count). The Morgan fingerprint density at radius 2 is 1.96 bits per heavy atom. The van der Waals surface area contributed by atoms with E-state index in [1.807, 2.05) is 6.92 Å². The number of amides is 1. The van der Waals surface area contributed by atoms with E-state index in [1.165, 1.54) is 19.2 Å². The Balaban J connectivity index is 2.07. The van der Waals surface area contributed by atoms with Gasteiger partial charge in [0.05, 0.1) is 23.1 Å². The summed E-state index contributed by atoms with van der Waals surface area (Å²) in [6.07, 6.45) is 0. The number of carbonyl (C=O) groups excluding carboxylic acids is 1. The first kappa shape index (κ1) is 20.6. The monoisotopic (exact) mass is 453 g/mol. The van der Waals surface area contributed by atoms with E-state index in [0.29, 0.717) is 28.1 Å². The average Bonchev–Trinajstić information content (AvgIpc) is 2.63. The summed E-state index contributed by atoms with van der Waals surface area (Å²) in [7, 11) is 1.34. The van der Waals surface area contributed by atoms with Crippen molar-refractivity contribution in [1.82, 2.24) is 5.32 Å². The SMILES string of the molecule is CCOc1ccc(C(=O)NC(=S)Nc2ccc(OC)c([N+](=O)[O-])c2)cc1Br. The molecule has 0 bridgehead atoms. The van der Waals surface area contributed by atoms with Gasteiger partial charge in [-0.25, -0.2) is 0 Å². The molecule has 0 aliphatic rings. The molecular formula is C17H16BrN3O5S. The summed E-state index contributed by atoms with van der Waals surface area (Å²) < 4.78 is 11.0. The number of hydrogen-bond acceptors (Lipinski definition) is 6. The predicted octanol–water partition coefficient (Wildman–Crippen LogP) is 3.89. The Bertz CT molecular complexity index is 891. The second-order valence-corrected chi connectivity index (χ2v) is 6.39. The van der Waals surface area contributed by atoms with Crippen molar-refractivity contribution in [3.63, 3.8) is 0 Å². The number of methoxy groups -OCH3 is 1. The number of thiocarbonyl (C=S) groups is 1. The van der Waals surface area contributed by atoms with E-state index in [1.54, 1.807) is 24.3 Å². The smallest absolute Gasteiger partial charge is 0.312 e. The van der Waals surface area contributed by atoms with Crippen LogP contribution in [0.4, 0.5) is 11.4 Å². The number of halogens is 1. The van der Waals surface area contributed by atoms with Crippen LogP contribution in [0.15, 0.2) is 40.9 Å². The molecule has 0 saturated heterocycles. The van der Waals surface area contributed by atoms with Gasteiger partial charge in [-0.3, -0.25) is 20.2 Å². The highest BCUT2D eigenvalue weighted by Gasteiger charge is 2.16. The minimum absolute atomic E-state index is 0.00414. The van der Waals surface area contributed by atoms with Crippen LogP contribution in [0.25, 0.3) is 0 Å². The number of hydrogen-bond donors (Lipinski definition) is 2. The van der Waals surface area contributed by atoms with Gasteiger partial charge in [0.25, 0.3) is 5.91 Å². The first-order valence-electron chi connectivity index (χ1n) is 7.72. The van der Waals surface area contributed by atoms with E-state index in [2.05, 4.69) is 26.6 Å². The fourth-order valence-corrected chi connectivity index (χ4v) is 2.87. The molecule has 0 spiro atoms. The molecule has 0 unspecified atom stereocenters. The van der Waals surface area contributed by atoms with Gasteiger partial charge in [0, 0.05) is 17.3 Å². The number of ether oxygens (including phenoxy) is 2. The van der Waals surface area contributed by atoms with Crippen molar-refractivity contribution < 1.29 is 19.2 Å². The number of nitro benzene ring substituents is 1. The van der Waals surface area contributed by atoms with E-state index >= 15 is 0 Å². The third kappa shape index (κ3) is 5.38. The fourth-order valence-electron chi connectivity index (χ4n) is 2.16. The predicted molar refractivity (Wildman–Crippen MR) is 109 cm³/mol. The third-order valence-corrected chi connectivity index (χ3v) is 4.18. The maximum absolute atomic E-state index is 12.3. The van der Waals surface area contributed by atoms with Gasteiger partial charge >= 0.3 is 5.69 Å². The summed E-state index contributed by atoms with van der Waals surface area (Å²) in [5.41, 5.74) is 0.503. The number of anilines is 1. The van der Waals surface area contributed by atoms with Crippen molar-refractivity contribution in [2.75, 3.05) is 19.0 Å². The van der Waals surface area contributed by atoms with E-state index in [4.69, 9.17) is 21.7 Å². The number of nitro groups is 1. The molecule has 2 aromatic rings. The molecule has 142 valence electrons. The second-order valence-electron chi connectivity index (χ2n) is 5.13. The summed E-state index contributed by atoms with van der Waals surface area (Å²) in [5.74, 6) is 0.319. The molecule has 10 heteroatoms. The standard InChI is InChI=1S/C17H16BrN3O5S/c1-3-26-14-6-4-10(8-12(14)18)16(22)20-17(27)19-11-5-7-15(25-2)13(9-11)21(23)24/h4-9H,3H2,1-2H3,(H2,19,20,22,27). The largest absolute Gasteiger partial charge is 0.493 e. The molecule has 0 aliphatic carbocycles. The highest BCUT2D eigenvalue weighted by atomic mass is 79.9. The minimum atomic E-state index is -0.566. The van der Waals surface area contributed by atoms with Crippen molar-refractivity contribution in [1.29, 1.82) is 0 Å². The van der Waals surface area contributed by atoms with Crippen LogP contribution in [-0.4, -0.2) is 29.7 Å². The maximum atomic E-state index is 12.3. The Hall–Kier alpha value is -2.72. The molecule has 0 fully saturated rings. The molecule has 2 N–H and O–H groups in total. The van der Waals surface area contributed by atoms with Crippen LogP contribution in [0, 0.1) is 10.1 Å². The van der Waals surface area contributed by atoms with Crippen molar-refractivity contribution in [2.45, 2.75) is 6.92 Å². The van der Waals surface area contributed by atoms with Gasteiger partial charge in [0.2, 0.25) is 0 Å². The van der Waals surface area contributed by atoms with Gasteiger partial charge in [-0.1, -0.05) is 0 Å². The van der Waals surface area contributed by atoms with Gasteiger partial charge in [0.1, 0.15) is 5.75 Å². The van der Waals surface area contributed by atoms with E-state index in [9.17, 15) is 14.9 Å². The summed E-state index contributed by atoms with van der Waals surface area (Å²) in [6, 6.07) is 9.15. The quantitative estimate of drug-likeness (QED) is 0.388. The van der Waals surface area contributed by atoms with Gasteiger partial charge in [0.15, 0.2) is 10.9 Å². The summed E-state index contributed by atoms with van der Waals surface area (Å²) in [4.78, 5) is 22.8. The zero-order valence-corrected chi connectivity index (χ0v) is 16.8. The summed E-state index contributed by atoms with van der Waals surface area (Å²) >= 11 is 8.44. The number of benzene rings is 2. The molecular weight excluding hydrogens is 438 g/mol. The van der Waals surface area contributed by atoms with Gasteiger partial charge in [-0.05, 0) is 65.4 Å². The Morgan fingerprint density at radius 3 is 2.56 bits per heavy atom. The normalized spacial score (nSPS) is 10.0. The summed E-state index contributed by atoms with van der Waals surface area (Å²) in [6.45, 7) is 2.37. The van der Waals surface area contributed by atoms with Crippen LogP contribution < -0.4 is 20.1 Å². The fraction of sp³-hybridized carbons (Fsp3) is 0.176. The van der Waals surface area contributed by atoms with Crippen LogP contribution in [0.3, 0.4) is 0 Å². The summed E-state index contributed by atoms with van der Waals surface area (Å²) in [5, 5.41) is 16.3. The molecule has 0 saturated carbocycles. The zero-order chi connectivity index (χ0) is 20.0. The maximum Gasteiger partial charge on any atom is 0.312 e. The van der Waals surface area contributed by atoms with E-state index < -0.39 is 10.8 Å². The van der Waals surface area contributed by atoms with Crippen LogP contribution in [0.1, 0.15) is 17.3 Å². The lowest BCUT2D eigenvalue weighted by Crippen LogP contribution is -2.34. The molecule has 1 amide bonds. The lowest BCUT2D eigenvalue weighted by Gasteiger charge is -2.11. The highest BCUT2D eigenvalue weighted by Crippen LogP contribution is 2.29. The highest BCUT2D eigenvalue weighted by molar-refractivity contribution is 9.10. The van der Waals surface area contributed by atoms with Crippen molar-refractivity contribution in [2.24, 2.45) is 0 Å². The third-order valence-electron chi connectivity index (χ3n) is 3.35. The molecule has 27 heavy (non-hydrogen) atoms. The Kier molecular flexibility index (Phi) is 7.08. The van der Waals surface area contributed by atoms with Gasteiger partial charge in [-0.2, -0.15) is 0 Å². The Labute approximate surface area is 169 Å². The molecule has 0 aromatic heterocycles. The molecule has 0 radical (unpaired) electrons. The number of carbonyl (C=O) groups is 1. The first-order valence-corrected chi connectivity index (χ1v) is 8.93. The topological polar surface area (TPSA) is 103 Å². The number of rotatable bonds is 6. The molecule has 8 nitrogen and oxygen atoms in total. The van der Waals surface area contributed by atoms with Crippen molar-refractivity contribution in [3.8, 4) is 11.5 Å². The lowest BCUT2D eigenvalue weighted by molar-refractivity contribution is -0.385. The van der Waals surface area contributed by atoms with Crippen LogP contribution in [-0.2, 0) is 0 Å². The second kappa shape index (κ2) is 9.28. The van der Waals surface area contributed by atoms with Crippen molar-refractivity contribution in [3.05, 3.63) is 56.5 Å². The zero-order valence-electron chi connectivity index (χ0n) is 14.4. The minimum Gasteiger partial charge on any atom is -0.493 e.